The molecule has 5 aromatic rings. The summed E-state index contributed by atoms with van der Waals surface area (Å²) in [4.78, 5) is 29.1. The van der Waals surface area contributed by atoms with Crippen molar-refractivity contribution in [2.45, 2.75) is 13.5 Å². The molecule has 0 aliphatic rings. The molecule has 0 radical (unpaired) electrons. The molecule has 9 nitrogen and oxygen atoms in total. The normalized spacial score (nSPS) is 11.1. The Hall–Kier alpha value is -4.60. The fourth-order valence-corrected chi connectivity index (χ4v) is 3.84. The molecule has 0 saturated carbocycles. The number of aromatic nitrogens is 6. The number of anilines is 1. The van der Waals surface area contributed by atoms with Gasteiger partial charge in [-0.3, -0.25) is 14.5 Å². The molecule has 3 heterocycles. The first-order chi connectivity index (χ1) is 16.5. The zero-order chi connectivity index (χ0) is 23.8. The summed E-state index contributed by atoms with van der Waals surface area (Å²) >= 11 is 0. The van der Waals surface area contributed by atoms with Crippen LogP contribution in [-0.2, 0) is 13.6 Å². The lowest BCUT2D eigenvalue weighted by Gasteiger charge is -2.08. The Morgan fingerprint density at radius 2 is 1.91 bits per heavy atom. The van der Waals surface area contributed by atoms with Gasteiger partial charge in [0.1, 0.15) is 12.1 Å². The summed E-state index contributed by atoms with van der Waals surface area (Å²) in [5.74, 6) is -1.06. The van der Waals surface area contributed by atoms with Crippen LogP contribution in [0.1, 0.15) is 17.4 Å². The second-order valence-corrected chi connectivity index (χ2v) is 7.64. The average Bonchev–Trinajstić information content (AvgIpc) is 3.40. The molecule has 34 heavy (non-hydrogen) atoms. The summed E-state index contributed by atoms with van der Waals surface area (Å²) in [7, 11) is 1.57. The highest BCUT2D eigenvalue weighted by atomic mass is 19.1. The molecule has 1 amide bonds. The summed E-state index contributed by atoms with van der Waals surface area (Å²) < 4.78 is 20.1. The third kappa shape index (κ3) is 3.54. The van der Waals surface area contributed by atoms with Gasteiger partial charge in [-0.05, 0) is 48.9 Å². The molecule has 0 spiro atoms. The van der Waals surface area contributed by atoms with Crippen molar-refractivity contribution in [2.75, 3.05) is 5.32 Å². The van der Waals surface area contributed by atoms with Crippen LogP contribution < -0.4 is 11.0 Å². The highest BCUT2D eigenvalue weighted by Gasteiger charge is 2.23. The summed E-state index contributed by atoms with van der Waals surface area (Å²) in [6.07, 6.45) is 4.53. The molecule has 0 fully saturated rings. The van der Waals surface area contributed by atoms with E-state index >= 15 is 4.39 Å². The quantitative estimate of drug-likeness (QED) is 0.436. The SMILES string of the molecule is CCn1nc(C(=O)Nc2cccnc2)c2c(F)c(-c3ccc(-n4cnn(C)c4=O)cc3)ccc21. The van der Waals surface area contributed by atoms with E-state index in [0.29, 0.717) is 34.6 Å². The Kier molecular flexibility index (Phi) is 5.25. The van der Waals surface area contributed by atoms with E-state index in [0.717, 1.165) is 0 Å². The van der Waals surface area contributed by atoms with Gasteiger partial charge in [0.2, 0.25) is 0 Å². The summed E-state index contributed by atoms with van der Waals surface area (Å²) in [5, 5.41) is 11.2. The van der Waals surface area contributed by atoms with E-state index in [-0.39, 0.29) is 16.8 Å². The van der Waals surface area contributed by atoms with Gasteiger partial charge in [0.25, 0.3) is 5.91 Å². The Bertz CT molecular complexity index is 1570. The number of carbonyl (C=O) groups is 1. The number of aryl methyl sites for hydroxylation is 2. The van der Waals surface area contributed by atoms with Gasteiger partial charge in [0, 0.05) is 25.4 Å². The Morgan fingerprint density at radius 1 is 1.12 bits per heavy atom. The lowest BCUT2D eigenvalue weighted by atomic mass is 10.0. The van der Waals surface area contributed by atoms with Crippen LogP contribution in [0.4, 0.5) is 10.1 Å². The molecule has 0 atom stereocenters. The minimum Gasteiger partial charge on any atom is -0.319 e. The molecule has 0 unspecified atom stereocenters. The van der Waals surface area contributed by atoms with Crippen LogP contribution in [-0.4, -0.2) is 35.0 Å². The lowest BCUT2D eigenvalue weighted by molar-refractivity contribution is 0.102. The number of benzene rings is 2. The lowest BCUT2D eigenvalue weighted by Crippen LogP contribution is -2.21. The van der Waals surface area contributed by atoms with Crippen molar-refractivity contribution in [1.82, 2.24) is 29.1 Å². The Labute approximate surface area is 193 Å². The molecule has 0 aliphatic carbocycles. The first-order valence-electron chi connectivity index (χ1n) is 10.6. The summed E-state index contributed by atoms with van der Waals surface area (Å²) in [6.45, 7) is 2.35. The molecule has 3 aromatic heterocycles. The van der Waals surface area contributed by atoms with E-state index < -0.39 is 11.7 Å². The predicted molar refractivity (Wildman–Crippen MR) is 125 cm³/mol. The van der Waals surface area contributed by atoms with Gasteiger partial charge in [-0.2, -0.15) is 10.2 Å². The number of pyridine rings is 1. The maximum Gasteiger partial charge on any atom is 0.350 e. The van der Waals surface area contributed by atoms with E-state index in [2.05, 4.69) is 20.5 Å². The van der Waals surface area contributed by atoms with Crippen molar-refractivity contribution < 1.29 is 9.18 Å². The van der Waals surface area contributed by atoms with Crippen LogP contribution in [0.2, 0.25) is 0 Å². The number of carbonyl (C=O) groups excluding carboxylic acids is 1. The van der Waals surface area contributed by atoms with Gasteiger partial charge in [-0.15, -0.1) is 0 Å². The first kappa shape index (κ1) is 21.3. The highest BCUT2D eigenvalue weighted by Crippen LogP contribution is 2.32. The number of fused-ring (bicyclic) bond motifs is 1. The van der Waals surface area contributed by atoms with Gasteiger partial charge >= 0.3 is 5.69 Å². The number of nitrogens with one attached hydrogen (secondary N) is 1. The average molecular weight is 457 g/mol. The molecule has 1 N–H and O–H groups in total. The first-order valence-corrected chi connectivity index (χ1v) is 10.6. The number of nitrogens with zero attached hydrogens (tertiary/aromatic N) is 6. The van der Waals surface area contributed by atoms with E-state index in [9.17, 15) is 9.59 Å². The van der Waals surface area contributed by atoms with Crippen molar-refractivity contribution in [3.63, 3.8) is 0 Å². The Balaban J connectivity index is 1.57. The largest absolute Gasteiger partial charge is 0.350 e. The van der Waals surface area contributed by atoms with E-state index in [1.54, 1.807) is 66.5 Å². The molecule has 0 aliphatic heterocycles. The standard InChI is InChI=1S/C24H20FN7O2/c1-3-32-19-11-10-18(15-6-8-17(9-7-15)31-14-27-30(2)24(31)34)21(25)20(19)22(29-32)23(33)28-16-5-4-12-26-13-16/h4-14H,3H2,1-2H3,(H,28,33). The third-order valence-corrected chi connectivity index (χ3v) is 5.57. The zero-order valence-electron chi connectivity index (χ0n) is 18.4. The molecule has 170 valence electrons. The van der Waals surface area contributed by atoms with Crippen molar-refractivity contribution in [3.8, 4) is 16.8 Å². The van der Waals surface area contributed by atoms with Crippen LogP contribution in [0.25, 0.3) is 27.7 Å². The maximum absolute atomic E-state index is 15.8. The molecular weight excluding hydrogens is 437 g/mol. The van der Waals surface area contributed by atoms with Crippen LogP contribution in [0.15, 0.2) is 72.0 Å². The van der Waals surface area contributed by atoms with Crippen molar-refractivity contribution >= 4 is 22.5 Å². The van der Waals surface area contributed by atoms with Crippen molar-refractivity contribution in [2.24, 2.45) is 7.05 Å². The monoisotopic (exact) mass is 457 g/mol. The fourth-order valence-electron chi connectivity index (χ4n) is 3.84. The van der Waals surface area contributed by atoms with Crippen molar-refractivity contribution in [3.05, 3.63) is 89.2 Å². The third-order valence-electron chi connectivity index (χ3n) is 5.57. The molecule has 0 saturated heterocycles. The smallest absolute Gasteiger partial charge is 0.319 e. The molecule has 10 heteroatoms. The Morgan fingerprint density at radius 3 is 2.56 bits per heavy atom. The van der Waals surface area contributed by atoms with Gasteiger partial charge in [-0.25, -0.2) is 18.4 Å². The van der Waals surface area contributed by atoms with Gasteiger partial charge in [0.15, 0.2) is 5.69 Å². The maximum atomic E-state index is 15.8. The number of hydrogen-bond donors (Lipinski definition) is 1. The second kappa shape index (κ2) is 8.39. The topological polar surface area (TPSA) is 99.6 Å². The van der Waals surface area contributed by atoms with Crippen LogP contribution in [0.5, 0.6) is 0 Å². The summed E-state index contributed by atoms with van der Waals surface area (Å²) in [6, 6.07) is 13.7. The van der Waals surface area contributed by atoms with Gasteiger partial charge in [-0.1, -0.05) is 12.1 Å². The van der Waals surface area contributed by atoms with E-state index in [1.165, 1.54) is 21.8 Å². The van der Waals surface area contributed by atoms with Crippen LogP contribution >= 0.6 is 0 Å². The summed E-state index contributed by atoms with van der Waals surface area (Å²) in [5.41, 5.74) is 2.27. The highest BCUT2D eigenvalue weighted by molar-refractivity contribution is 6.12. The number of halogens is 1. The second-order valence-electron chi connectivity index (χ2n) is 7.64. The molecule has 5 rings (SSSR count). The number of rotatable bonds is 5. The molecule has 2 aromatic carbocycles. The predicted octanol–water partition coefficient (Wildman–Crippen LogP) is 3.39. The van der Waals surface area contributed by atoms with Crippen LogP contribution in [0, 0.1) is 5.82 Å². The molecule has 0 bridgehead atoms. The van der Waals surface area contributed by atoms with Crippen molar-refractivity contribution in [1.29, 1.82) is 0 Å². The minimum absolute atomic E-state index is 0.00131. The van der Waals surface area contributed by atoms with Crippen LogP contribution in [0.3, 0.4) is 0 Å². The molecular formula is C24H20FN7O2. The van der Waals surface area contributed by atoms with Gasteiger partial charge < -0.3 is 5.32 Å². The number of amides is 1. The number of hydrogen-bond acceptors (Lipinski definition) is 5. The van der Waals surface area contributed by atoms with Gasteiger partial charge in [0.05, 0.1) is 28.5 Å². The minimum atomic E-state index is -0.542. The van der Waals surface area contributed by atoms with E-state index in [4.69, 9.17) is 0 Å². The fraction of sp³-hybridized carbons (Fsp3) is 0.125. The van der Waals surface area contributed by atoms with E-state index in [1.807, 2.05) is 6.92 Å². The zero-order valence-corrected chi connectivity index (χ0v) is 18.4.